The minimum atomic E-state index is -0.435. The minimum absolute atomic E-state index is 0.0236. The summed E-state index contributed by atoms with van der Waals surface area (Å²) in [6.07, 6.45) is 10.6. The number of ketones is 2. The fourth-order valence-electron chi connectivity index (χ4n) is 9.42. The third-order valence-corrected chi connectivity index (χ3v) is 11.7. The standard InChI is InChI=1S/C31H46O4/c1-19(17-21(32)18-20(2)27(34)35-8)22-11-15-31(7)24-9-10-25-28(3,4)26(33)13-14-29(25,5)23(24)12-16-30(22,31)6/h18-19,22,25H,9-17H2,1-8H3/b20-18+. The van der Waals surface area contributed by atoms with E-state index in [-0.39, 0.29) is 33.4 Å². The van der Waals surface area contributed by atoms with Gasteiger partial charge in [-0.2, -0.15) is 0 Å². The Morgan fingerprint density at radius 2 is 1.69 bits per heavy atom. The molecule has 0 aromatic rings. The van der Waals surface area contributed by atoms with Crippen LogP contribution < -0.4 is 0 Å². The number of carbonyl (C=O) groups is 3. The van der Waals surface area contributed by atoms with Crippen LogP contribution in [0.5, 0.6) is 0 Å². The van der Waals surface area contributed by atoms with Gasteiger partial charge in [-0.3, -0.25) is 9.59 Å². The number of Topliss-reactive ketones (excluding diaryl/α,β-unsaturated/α-hetero) is 1. The second-order valence-electron chi connectivity index (χ2n) is 13.5. The quantitative estimate of drug-likeness (QED) is 0.240. The molecule has 4 heteroatoms. The highest BCUT2D eigenvalue weighted by Crippen LogP contribution is 2.72. The van der Waals surface area contributed by atoms with E-state index in [9.17, 15) is 14.4 Å². The number of carbonyl (C=O) groups excluding carboxylic acids is 3. The second kappa shape index (κ2) is 8.70. The maximum absolute atomic E-state index is 12.8. The fourth-order valence-corrected chi connectivity index (χ4v) is 9.42. The first-order valence-corrected chi connectivity index (χ1v) is 13.8. The first-order valence-electron chi connectivity index (χ1n) is 13.8. The molecular formula is C31H46O4. The van der Waals surface area contributed by atoms with Crippen LogP contribution in [-0.2, 0) is 19.1 Å². The van der Waals surface area contributed by atoms with Crippen molar-refractivity contribution >= 4 is 17.5 Å². The Balaban J connectivity index is 1.61. The van der Waals surface area contributed by atoms with E-state index in [1.54, 1.807) is 18.1 Å². The summed E-state index contributed by atoms with van der Waals surface area (Å²) in [6, 6.07) is 0. The Bertz CT molecular complexity index is 999. The van der Waals surface area contributed by atoms with Crippen molar-refractivity contribution in [3.63, 3.8) is 0 Å². The Kier molecular flexibility index (Phi) is 6.55. The lowest BCUT2D eigenvalue weighted by molar-refractivity contribution is -0.139. The van der Waals surface area contributed by atoms with Crippen LogP contribution in [0.2, 0.25) is 0 Å². The first kappa shape index (κ1) is 26.4. The number of ether oxygens (including phenoxy) is 1. The third kappa shape index (κ3) is 3.80. The molecule has 0 heterocycles. The smallest absolute Gasteiger partial charge is 0.333 e. The number of hydrogen-bond acceptors (Lipinski definition) is 4. The van der Waals surface area contributed by atoms with Gasteiger partial charge in [0.05, 0.1) is 7.11 Å². The number of methoxy groups -OCH3 is 1. The van der Waals surface area contributed by atoms with E-state index in [0.29, 0.717) is 36.0 Å². The lowest BCUT2D eigenvalue weighted by Crippen LogP contribution is -2.53. The minimum Gasteiger partial charge on any atom is -0.466 e. The molecule has 0 aromatic heterocycles. The zero-order valence-electron chi connectivity index (χ0n) is 23.3. The molecule has 0 spiro atoms. The summed E-state index contributed by atoms with van der Waals surface area (Å²) in [7, 11) is 1.35. The van der Waals surface area contributed by atoms with E-state index in [1.165, 1.54) is 26.0 Å². The highest BCUT2D eigenvalue weighted by Gasteiger charge is 2.63. The van der Waals surface area contributed by atoms with Gasteiger partial charge in [-0.15, -0.1) is 0 Å². The van der Waals surface area contributed by atoms with Gasteiger partial charge in [0.1, 0.15) is 5.78 Å². The van der Waals surface area contributed by atoms with Crippen molar-refractivity contribution in [1.29, 1.82) is 0 Å². The van der Waals surface area contributed by atoms with Crippen LogP contribution in [0.15, 0.2) is 22.8 Å². The van der Waals surface area contributed by atoms with Crippen molar-refractivity contribution in [1.82, 2.24) is 0 Å². The first-order chi connectivity index (χ1) is 16.2. The van der Waals surface area contributed by atoms with E-state index in [1.807, 2.05) is 0 Å². The normalized spacial score (nSPS) is 39.4. The van der Waals surface area contributed by atoms with Gasteiger partial charge in [0.2, 0.25) is 0 Å². The molecule has 2 saturated carbocycles. The van der Waals surface area contributed by atoms with Crippen LogP contribution in [0.1, 0.15) is 106 Å². The predicted octanol–water partition coefficient (Wildman–Crippen LogP) is 7.02. The Morgan fingerprint density at radius 3 is 2.34 bits per heavy atom. The van der Waals surface area contributed by atoms with Crippen LogP contribution in [-0.4, -0.2) is 24.6 Å². The molecule has 35 heavy (non-hydrogen) atoms. The second-order valence-corrected chi connectivity index (χ2v) is 13.5. The van der Waals surface area contributed by atoms with Crippen molar-refractivity contribution in [2.75, 3.05) is 7.11 Å². The molecule has 0 saturated heterocycles. The zero-order chi connectivity index (χ0) is 26.0. The molecule has 0 bridgehead atoms. The zero-order valence-corrected chi connectivity index (χ0v) is 23.3. The van der Waals surface area contributed by atoms with E-state index in [2.05, 4.69) is 41.5 Å². The Morgan fingerprint density at radius 1 is 1.00 bits per heavy atom. The van der Waals surface area contributed by atoms with E-state index in [4.69, 9.17) is 4.74 Å². The summed E-state index contributed by atoms with van der Waals surface area (Å²) in [5.74, 6) is 1.25. The number of rotatable bonds is 5. The van der Waals surface area contributed by atoms with Crippen molar-refractivity contribution in [3.05, 3.63) is 22.8 Å². The van der Waals surface area contributed by atoms with Crippen molar-refractivity contribution in [2.24, 2.45) is 39.4 Å². The number of allylic oxidation sites excluding steroid dienone is 3. The van der Waals surface area contributed by atoms with Gasteiger partial charge in [0.15, 0.2) is 5.78 Å². The monoisotopic (exact) mass is 482 g/mol. The van der Waals surface area contributed by atoms with Crippen LogP contribution in [0.4, 0.5) is 0 Å². The van der Waals surface area contributed by atoms with Crippen molar-refractivity contribution in [3.8, 4) is 0 Å². The molecule has 4 aliphatic rings. The molecule has 0 N–H and O–H groups in total. The van der Waals surface area contributed by atoms with Gasteiger partial charge in [0.25, 0.3) is 0 Å². The molecule has 4 rings (SSSR count). The van der Waals surface area contributed by atoms with Crippen LogP contribution in [0, 0.1) is 39.4 Å². The maximum atomic E-state index is 12.8. The molecule has 0 radical (unpaired) electrons. The maximum Gasteiger partial charge on any atom is 0.333 e. The summed E-state index contributed by atoms with van der Waals surface area (Å²) in [5.41, 5.74) is 4.03. The third-order valence-electron chi connectivity index (χ3n) is 11.7. The van der Waals surface area contributed by atoms with Crippen LogP contribution in [0.25, 0.3) is 0 Å². The van der Waals surface area contributed by atoms with E-state index >= 15 is 0 Å². The number of fused-ring (bicyclic) bond motifs is 4. The fraction of sp³-hybridized carbons (Fsp3) is 0.774. The lowest BCUT2D eigenvalue weighted by Gasteiger charge is -2.60. The van der Waals surface area contributed by atoms with Gasteiger partial charge in [-0.05, 0) is 91.9 Å². The van der Waals surface area contributed by atoms with Gasteiger partial charge < -0.3 is 4.74 Å². The molecule has 6 unspecified atom stereocenters. The van der Waals surface area contributed by atoms with E-state index < -0.39 is 5.97 Å². The summed E-state index contributed by atoms with van der Waals surface area (Å²) >= 11 is 0. The van der Waals surface area contributed by atoms with Crippen molar-refractivity contribution in [2.45, 2.75) is 106 Å². The highest BCUT2D eigenvalue weighted by molar-refractivity contribution is 5.99. The molecule has 4 aliphatic carbocycles. The van der Waals surface area contributed by atoms with E-state index in [0.717, 1.165) is 32.1 Å². The van der Waals surface area contributed by atoms with Gasteiger partial charge in [0, 0.05) is 23.8 Å². The van der Waals surface area contributed by atoms with Gasteiger partial charge >= 0.3 is 5.97 Å². The molecule has 2 fully saturated rings. The molecule has 4 nitrogen and oxygen atoms in total. The van der Waals surface area contributed by atoms with Gasteiger partial charge in [-0.25, -0.2) is 4.79 Å². The summed E-state index contributed by atoms with van der Waals surface area (Å²) in [5, 5.41) is 0. The van der Waals surface area contributed by atoms with Crippen molar-refractivity contribution < 1.29 is 19.1 Å². The average molecular weight is 483 g/mol. The van der Waals surface area contributed by atoms with Crippen LogP contribution >= 0.6 is 0 Å². The summed E-state index contributed by atoms with van der Waals surface area (Å²) in [6.45, 7) is 15.7. The molecule has 0 aliphatic heterocycles. The van der Waals surface area contributed by atoms with Gasteiger partial charge in [-0.1, -0.05) is 52.7 Å². The average Bonchev–Trinajstić information content (AvgIpc) is 3.07. The molecular weight excluding hydrogens is 436 g/mol. The summed E-state index contributed by atoms with van der Waals surface area (Å²) < 4.78 is 4.75. The lowest BCUT2D eigenvalue weighted by atomic mass is 9.43. The Labute approximate surface area is 212 Å². The van der Waals surface area contributed by atoms with Crippen LogP contribution in [0.3, 0.4) is 0 Å². The summed E-state index contributed by atoms with van der Waals surface area (Å²) in [4.78, 5) is 37.3. The highest BCUT2D eigenvalue weighted by atomic mass is 16.5. The predicted molar refractivity (Wildman–Crippen MR) is 139 cm³/mol. The molecule has 194 valence electrons. The number of esters is 1. The topological polar surface area (TPSA) is 60.4 Å². The molecule has 0 aromatic carbocycles. The Hall–Kier alpha value is -1.71. The number of hydrogen-bond donors (Lipinski definition) is 0. The SMILES string of the molecule is COC(=O)/C(C)=C/C(=O)CC(C)C1CCC2(C)C3=C(CCC12C)C1(C)CCC(=O)C(C)(C)C1CC3. The molecule has 6 atom stereocenters. The molecule has 0 amide bonds. The largest absolute Gasteiger partial charge is 0.466 e.